The van der Waals surface area contributed by atoms with Crippen molar-refractivity contribution in [1.29, 1.82) is 5.26 Å². The number of benzene rings is 1. The van der Waals surface area contributed by atoms with Crippen molar-refractivity contribution in [3.8, 4) is 11.8 Å². The molecule has 0 spiro atoms. The number of nitriles is 1. The fourth-order valence-corrected chi connectivity index (χ4v) is 1.89. The van der Waals surface area contributed by atoms with Gasteiger partial charge in [-0.3, -0.25) is 4.79 Å². The summed E-state index contributed by atoms with van der Waals surface area (Å²) in [5, 5.41) is 24.9. The molecule has 0 bridgehead atoms. The van der Waals surface area contributed by atoms with Gasteiger partial charge in [0.25, 0.3) is 0 Å². The summed E-state index contributed by atoms with van der Waals surface area (Å²) in [5.74, 6) is 0.310. The highest BCUT2D eigenvalue weighted by Crippen LogP contribution is 2.22. The van der Waals surface area contributed by atoms with Crippen molar-refractivity contribution in [1.82, 2.24) is 5.32 Å². The Hall–Kier alpha value is -2.10. The molecule has 23 heavy (non-hydrogen) atoms. The summed E-state index contributed by atoms with van der Waals surface area (Å²) in [6.07, 6.45) is 0.545. The van der Waals surface area contributed by atoms with E-state index >= 15 is 0 Å². The minimum absolute atomic E-state index is 0.0831. The summed E-state index contributed by atoms with van der Waals surface area (Å²) in [5.41, 5.74) is 0.887. The molecule has 1 unspecified atom stereocenters. The number of hydrogen-bond acceptors (Lipinski definition) is 5. The van der Waals surface area contributed by atoms with E-state index in [2.05, 4.69) is 10.6 Å². The lowest BCUT2D eigenvalue weighted by atomic mass is 10.2. The number of rotatable bonds is 9. The van der Waals surface area contributed by atoms with Gasteiger partial charge in [-0.1, -0.05) is 20.8 Å². The molecular formula is C17H25N3O3. The third-order valence-electron chi connectivity index (χ3n) is 3.05. The Kier molecular flexibility index (Phi) is 8.09. The Balaban J connectivity index is 2.63. The number of carbonyl (C=O) groups excluding carboxylic acids is 1. The minimum Gasteiger partial charge on any atom is -0.489 e. The maximum Gasteiger partial charge on any atom is 0.224 e. The van der Waals surface area contributed by atoms with Crippen LogP contribution in [0.3, 0.4) is 0 Å². The summed E-state index contributed by atoms with van der Waals surface area (Å²) in [6, 6.07) is 7.21. The topological polar surface area (TPSA) is 94.4 Å². The SMILES string of the molecule is CCCC(=O)Nc1ccc(OCC(O)CNC(C)C)c(C#N)c1. The average molecular weight is 319 g/mol. The van der Waals surface area contributed by atoms with Gasteiger partial charge in [-0.25, -0.2) is 0 Å². The van der Waals surface area contributed by atoms with E-state index in [1.54, 1.807) is 18.2 Å². The van der Waals surface area contributed by atoms with Gasteiger partial charge >= 0.3 is 0 Å². The van der Waals surface area contributed by atoms with Gasteiger partial charge in [0.2, 0.25) is 5.91 Å². The van der Waals surface area contributed by atoms with Crippen molar-refractivity contribution in [3.63, 3.8) is 0 Å². The number of nitrogens with zero attached hydrogens (tertiary/aromatic N) is 1. The van der Waals surface area contributed by atoms with E-state index in [4.69, 9.17) is 4.74 Å². The molecule has 0 aliphatic rings. The van der Waals surface area contributed by atoms with Crippen molar-refractivity contribution in [2.45, 2.75) is 45.8 Å². The van der Waals surface area contributed by atoms with Crippen LogP contribution in [0.15, 0.2) is 18.2 Å². The molecule has 1 rings (SSSR count). The fourth-order valence-electron chi connectivity index (χ4n) is 1.89. The molecule has 0 fully saturated rings. The van der Waals surface area contributed by atoms with Gasteiger partial charge in [-0.05, 0) is 24.6 Å². The third kappa shape index (κ3) is 7.13. The van der Waals surface area contributed by atoms with Crippen molar-refractivity contribution in [2.24, 2.45) is 0 Å². The van der Waals surface area contributed by atoms with Gasteiger partial charge in [0.05, 0.1) is 5.56 Å². The molecule has 1 amide bonds. The van der Waals surface area contributed by atoms with Crippen molar-refractivity contribution in [3.05, 3.63) is 23.8 Å². The fraction of sp³-hybridized carbons (Fsp3) is 0.529. The highest BCUT2D eigenvalue weighted by Gasteiger charge is 2.10. The number of hydrogen-bond donors (Lipinski definition) is 3. The monoisotopic (exact) mass is 319 g/mol. The molecule has 0 aromatic heterocycles. The maximum atomic E-state index is 11.6. The predicted octanol–water partition coefficient (Wildman–Crippen LogP) is 2.03. The standard InChI is InChI=1S/C17H25N3O3/c1-4-5-17(22)20-14-6-7-16(13(8-14)9-18)23-11-15(21)10-19-12(2)3/h6-8,12,15,19,21H,4-5,10-11H2,1-3H3,(H,20,22). The van der Waals surface area contributed by atoms with E-state index in [1.807, 2.05) is 26.8 Å². The Morgan fingerprint density at radius 3 is 2.78 bits per heavy atom. The molecule has 0 aliphatic carbocycles. The van der Waals surface area contributed by atoms with Crippen LogP contribution in [0.1, 0.15) is 39.2 Å². The molecule has 0 saturated heterocycles. The Labute approximate surface area is 137 Å². The lowest BCUT2D eigenvalue weighted by Gasteiger charge is -2.16. The number of nitrogens with one attached hydrogen (secondary N) is 2. The number of carbonyl (C=O) groups is 1. The van der Waals surface area contributed by atoms with Gasteiger partial charge in [0, 0.05) is 24.7 Å². The summed E-state index contributed by atoms with van der Waals surface area (Å²) < 4.78 is 5.50. The maximum absolute atomic E-state index is 11.6. The van der Waals surface area contributed by atoms with Gasteiger partial charge in [-0.2, -0.15) is 5.26 Å². The summed E-state index contributed by atoms with van der Waals surface area (Å²) in [4.78, 5) is 11.6. The van der Waals surface area contributed by atoms with Crippen LogP contribution in [0.4, 0.5) is 5.69 Å². The third-order valence-corrected chi connectivity index (χ3v) is 3.05. The Bertz CT molecular complexity index is 553. The van der Waals surface area contributed by atoms with Crippen LogP contribution >= 0.6 is 0 Å². The molecule has 1 aromatic carbocycles. The van der Waals surface area contributed by atoms with E-state index in [0.29, 0.717) is 30.0 Å². The summed E-state index contributed by atoms with van der Waals surface area (Å²) in [6.45, 7) is 6.43. The molecular weight excluding hydrogens is 294 g/mol. The quantitative estimate of drug-likeness (QED) is 0.647. The van der Waals surface area contributed by atoms with Crippen LogP contribution in [-0.2, 0) is 4.79 Å². The second-order valence-corrected chi connectivity index (χ2v) is 5.65. The first-order valence-corrected chi connectivity index (χ1v) is 7.84. The number of ether oxygens (including phenoxy) is 1. The molecule has 1 aromatic rings. The van der Waals surface area contributed by atoms with Crippen LogP contribution in [0, 0.1) is 11.3 Å². The normalized spacial score (nSPS) is 11.8. The van der Waals surface area contributed by atoms with Gasteiger partial charge < -0.3 is 20.5 Å². The van der Waals surface area contributed by atoms with E-state index < -0.39 is 6.10 Å². The smallest absolute Gasteiger partial charge is 0.224 e. The molecule has 0 heterocycles. The lowest BCUT2D eigenvalue weighted by molar-refractivity contribution is -0.116. The predicted molar refractivity (Wildman–Crippen MR) is 89.3 cm³/mol. The summed E-state index contributed by atoms with van der Waals surface area (Å²) >= 11 is 0. The average Bonchev–Trinajstić information content (AvgIpc) is 2.51. The van der Waals surface area contributed by atoms with E-state index in [0.717, 1.165) is 6.42 Å². The van der Waals surface area contributed by atoms with E-state index in [9.17, 15) is 15.2 Å². The highest BCUT2D eigenvalue weighted by atomic mass is 16.5. The number of anilines is 1. The number of aliphatic hydroxyl groups is 1. The van der Waals surface area contributed by atoms with Crippen LogP contribution in [0.2, 0.25) is 0 Å². The first-order valence-electron chi connectivity index (χ1n) is 7.84. The molecule has 6 heteroatoms. The van der Waals surface area contributed by atoms with Crippen LogP contribution in [0.25, 0.3) is 0 Å². The Morgan fingerprint density at radius 1 is 1.43 bits per heavy atom. The number of aliphatic hydroxyl groups excluding tert-OH is 1. The molecule has 0 aliphatic heterocycles. The van der Waals surface area contributed by atoms with Crippen molar-refractivity contribution in [2.75, 3.05) is 18.5 Å². The van der Waals surface area contributed by atoms with E-state index in [-0.39, 0.29) is 18.6 Å². The first-order chi connectivity index (χ1) is 11.0. The Morgan fingerprint density at radius 2 is 2.17 bits per heavy atom. The van der Waals surface area contributed by atoms with E-state index in [1.165, 1.54) is 0 Å². The second kappa shape index (κ2) is 9.82. The van der Waals surface area contributed by atoms with Gasteiger partial charge in [0.15, 0.2) is 0 Å². The zero-order valence-electron chi connectivity index (χ0n) is 13.9. The minimum atomic E-state index is -0.659. The molecule has 0 saturated carbocycles. The van der Waals surface area contributed by atoms with Crippen LogP contribution < -0.4 is 15.4 Å². The van der Waals surface area contributed by atoms with Crippen LogP contribution in [-0.4, -0.2) is 36.3 Å². The van der Waals surface area contributed by atoms with Crippen molar-refractivity contribution < 1.29 is 14.6 Å². The summed E-state index contributed by atoms with van der Waals surface area (Å²) in [7, 11) is 0. The lowest BCUT2D eigenvalue weighted by Crippen LogP contribution is -2.35. The second-order valence-electron chi connectivity index (χ2n) is 5.65. The molecule has 0 radical (unpaired) electrons. The zero-order valence-corrected chi connectivity index (χ0v) is 13.9. The molecule has 1 atom stereocenters. The van der Waals surface area contributed by atoms with Crippen molar-refractivity contribution >= 4 is 11.6 Å². The molecule has 126 valence electrons. The first kappa shape index (κ1) is 18.9. The van der Waals surface area contributed by atoms with Crippen LogP contribution in [0.5, 0.6) is 5.75 Å². The molecule has 3 N–H and O–H groups in total. The van der Waals surface area contributed by atoms with Gasteiger partial charge in [0.1, 0.15) is 24.5 Å². The number of amides is 1. The van der Waals surface area contributed by atoms with Gasteiger partial charge in [-0.15, -0.1) is 0 Å². The highest BCUT2D eigenvalue weighted by molar-refractivity contribution is 5.90. The zero-order chi connectivity index (χ0) is 17.2. The largest absolute Gasteiger partial charge is 0.489 e. The molecule has 6 nitrogen and oxygen atoms in total.